The maximum atomic E-state index is 12.2. The molecule has 0 aliphatic heterocycles. The van der Waals surface area contributed by atoms with E-state index < -0.39 is 5.97 Å². The van der Waals surface area contributed by atoms with E-state index in [0.29, 0.717) is 27.8 Å². The van der Waals surface area contributed by atoms with Gasteiger partial charge in [-0.3, -0.25) is 4.79 Å². The molecule has 3 rings (SSSR count). The van der Waals surface area contributed by atoms with E-state index in [2.05, 4.69) is 0 Å². The normalized spacial score (nSPS) is 10.7. The molecule has 0 unspecified atom stereocenters. The predicted molar refractivity (Wildman–Crippen MR) is 88.4 cm³/mol. The van der Waals surface area contributed by atoms with Crippen molar-refractivity contribution >= 4 is 28.5 Å². The van der Waals surface area contributed by atoms with Gasteiger partial charge in [-0.1, -0.05) is 29.3 Å². The zero-order valence-corrected chi connectivity index (χ0v) is 13.3. The maximum absolute atomic E-state index is 12.2. The summed E-state index contributed by atoms with van der Waals surface area (Å²) >= 11 is 5.77. The minimum atomic E-state index is -0.465. The van der Waals surface area contributed by atoms with E-state index in [9.17, 15) is 9.59 Å². The van der Waals surface area contributed by atoms with Crippen LogP contribution in [0.15, 0.2) is 51.9 Å². The minimum Gasteiger partial charge on any atom is -0.462 e. The van der Waals surface area contributed by atoms with E-state index in [4.69, 9.17) is 20.8 Å². The second kappa shape index (κ2) is 5.89. The summed E-state index contributed by atoms with van der Waals surface area (Å²) in [4.78, 5) is 24.2. The smallest absolute Gasteiger partial charge is 0.343 e. The molecule has 1 heterocycles. The van der Waals surface area contributed by atoms with Crippen molar-refractivity contribution in [3.05, 3.63) is 74.6 Å². The maximum Gasteiger partial charge on any atom is 0.343 e. The third-order valence-corrected chi connectivity index (χ3v) is 3.82. The van der Waals surface area contributed by atoms with Crippen molar-refractivity contribution in [3.63, 3.8) is 0 Å². The lowest BCUT2D eigenvalue weighted by molar-refractivity contribution is 0.0733. The molecule has 2 aromatic carbocycles. The van der Waals surface area contributed by atoms with Gasteiger partial charge in [-0.2, -0.15) is 0 Å². The third kappa shape index (κ3) is 2.85. The quantitative estimate of drug-likeness (QED) is 0.520. The second-order valence-corrected chi connectivity index (χ2v) is 5.64. The highest BCUT2D eigenvalue weighted by Gasteiger charge is 2.15. The van der Waals surface area contributed by atoms with Gasteiger partial charge in [0.2, 0.25) is 5.43 Å². The molecule has 5 heteroatoms. The first-order valence-electron chi connectivity index (χ1n) is 6.97. The predicted octanol–water partition coefficient (Wildman–Crippen LogP) is 4.28. The lowest BCUT2D eigenvalue weighted by Gasteiger charge is -2.09. The molecule has 0 radical (unpaired) electrons. The Morgan fingerprint density at radius 1 is 1.17 bits per heavy atom. The van der Waals surface area contributed by atoms with Gasteiger partial charge in [0.05, 0.1) is 10.9 Å². The molecule has 1 aromatic heterocycles. The number of carbonyl (C=O) groups is 1. The molecule has 0 bridgehead atoms. The topological polar surface area (TPSA) is 56.5 Å². The summed E-state index contributed by atoms with van der Waals surface area (Å²) in [6, 6.07) is 10.2. The van der Waals surface area contributed by atoms with Crippen molar-refractivity contribution in [2.45, 2.75) is 13.8 Å². The third-order valence-electron chi connectivity index (χ3n) is 3.55. The Morgan fingerprint density at radius 3 is 2.70 bits per heavy atom. The number of aryl methyl sites for hydroxylation is 2. The fraction of sp³-hybridized carbons (Fsp3) is 0.111. The average Bonchev–Trinajstić information content (AvgIpc) is 2.53. The number of hydrogen-bond acceptors (Lipinski definition) is 4. The summed E-state index contributed by atoms with van der Waals surface area (Å²) in [5, 5.41) is 0.367. The van der Waals surface area contributed by atoms with Gasteiger partial charge in [-0.05, 0) is 38.1 Å². The average molecular weight is 329 g/mol. The standard InChI is InChI=1S/C18H13ClO4/c1-10-4-3-5-12(8-10)18(21)23-15-7-6-13-16(20)14(19)9-22-17(13)11(15)2/h3-9H,1-2H3. The molecular formula is C18H13ClO4. The largest absolute Gasteiger partial charge is 0.462 e. The highest BCUT2D eigenvalue weighted by molar-refractivity contribution is 6.30. The van der Waals surface area contributed by atoms with Crippen molar-refractivity contribution in [1.29, 1.82) is 0 Å². The lowest BCUT2D eigenvalue weighted by atomic mass is 10.1. The monoisotopic (exact) mass is 328 g/mol. The molecule has 0 saturated heterocycles. The van der Waals surface area contributed by atoms with Crippen LogP contribution in [0, 0.1) is 13.8 Å². The molecule has 0 atom stereocenters. The van der Waals surface area contributed by atoms with Crippen LogP contribution in [0.4, 0.5) is 0 Å². The number of esters is 1. The summed E-state index contributed by atoms with van der Waals surface area (Å²) in [5.41, 5.74) is 2.04. The molecule has 4 nitrogen and oxygen atoms in total. The van der Waals surface area contributed by atoms with Crippen LogP contribution >= 0.6 is 11.6 Å². The van der Waals surface area contributed by atoms with Gasteiger partial charge in [0.1, 0.15) is 22.6 Å². The molecule has 0 fully saturated rings. The van der Waals surface area contributed by atoms with Gasteiger partial charge < -0.3 is 9.15 Å². The molecule has 0 saturated carbocycles. The van der Waals surface area contributed by atoms with E-state index in [-0.39, 0.29) is 10.5 Å². The minimum absolute atomic E-state index is 0.0152. The summed E-state index contributed by atoms with van der Waals surface area (Å²) in [5.74, 6) is -0.123. The first-order valence-corrected chi connectivity index (χ1v) is 7.34. The van der Waals surface area contributed by atoms with Crippen molar-refractivity contribution in [2.75, 3.05) is 0 Å². The molecule has 0 N–H and O–H groups in total. The van der Waals surface area contributed by atoms with Crippen LogP contribution in [0.2, 0.25) is 5.02 Å². The summed E-state index contributed by atoms with van der Waals surface area (Å²) < 4.78 is 10.8. The fourth-order valence-corrected chi connectivity index (χ4v) is 2.48. The van der Waals surface area contributed by atoms with Gasteiger partial charge in [-0.25, -0.2) is 4.79 Å². The van der Waals surface area contributed by atoms with Crippen LogP contribution < -0.4 is 10.2 Å². The Labute approximate surface area is 137 Å². The lowest BCUT2D eigenvalue weighted by Crippen LogP contribution is -2.10. The molecular weight excluding hydrogens is 316 g/mol. The zero-order chi connectivity index (χ0) is 16.6. The van der Waals surface area contributed by atoms with Crippen LogP contribution in [-0.4, -0.2) is 5.97 Å². The first kappa shape index (κ1) is 15.3. The van der Waals surface area contributed by atoms with Crippen LogP contribution in [-0.2, 0) is 0 Å². The van der Waals surface area contributed by atoms with Gasteiger partial charge in [0, 0.05) is 5.56 Å². The number of ether oxygens (including phenoxy) is 1. The van der Waals surface area contributed by atoms with E-state index in [1.807, 2.05) is 13.0 Å². The molecule has 0 amide bonds. The molecule has 3 aromatic rings. The zero-order valence-electron chi connectivity index (χ0n) is 12.6. The van der Waals surface area contributed by atoms with Crippen LogP contribution in [0.25, 0.3) is 11.0 Å². The highest BCUT2D eigenvalue weighted by Crippen LogP contribution is 2.27. The van der Waals surface area contributed by atoms with E-state index in [1.165, 1.54) is 6.26 Å². The molecule has 0 aliphatic rings. The Bertz CT molecular complexity index is 972. The number of hydrogen-bond donors (Lipinski definition) is 0. The van der Waals surface area contributed by atoms with Gasteiger partial charge in [-0.15, -0.1) is 0 Å². The molecule has 116 valence electrons. The van der Waals surface area contributed by atoms with E-state index in [0.717, 1.165) is 5.56 Å². The number of fused-ring (bicyclic) bond motifs is 1. The Hall–Kier alpha value is -2.59. The number of rotatable bonds is 2. The Kier molecular flexibility index (Phi) is 3.92. The Balaban J connectivity index is 2.01. The molecule has 0 aliphatic carbocycles. The fourth-order valence-electron chi connectivity index (χ4n) is 2.34. The van der Waals surface area contributed by atoms with Crippen LogP contribution in [0.1, 0.15) is 21.5 Å². The number of benzene rings is 2. The summed E-state index contributed by atoms with van der Waals surface area (Å²) in [7, 11) is 0. The highest BCUT2D eigenvalue weighted by atomic mass is 35.5. The Morgan fingerprint density at radius 2 is 1.96 bits per heavy atom. The van der Waals surface area contributed by atoms with Crippen molar-refractivity contribution in [2.24, 2.45) is 0 Å². The SMILES string of the molecule is Cc1cccc(C(=O)Oc2ccc3c(=O)c(Cl)coc3c2C)c1. The van der Waals surface area contributed by atoms with Crippen molar-refractivity contribution < 1.29 is 13.9 Å². The van der Waals surface area contributed by atoms with Crippen molar-refractivity contribution in [3.8, 4) is 5.75 Å². The molecule has 23 heavy (non-hydrogen) atoms. The van der Waals surface area contributed by atoms with Gasteiger partial charge >= 0.3 is 5.97 Å². The van der Waals surface area contributed by atoms with Crippen molar-refractivity contribution in [1.82, 2.24) is 0 Å². The summed E-state index contributed by atoms with van der Waals surface area (Å²) in [6.07, 6.45) is 1.19. The van der Waals surface area contributed by atoms with E-state index >= 15 is 0 Å². The second-order valence-electron chi connectivity index (χ2n) is 5.24. The number of carbonyl (C=O) groups excluding carboxylic acids is 1. The summed E-state index contributed by atoms with van der Waals surface area (Å²) in [6.45, 7) is 3.62. The first-order chi connectivity index (χ1) is 11.0. The molecule has 0 spiro atoms. The van der Waals surface area contributed by atoms with Crippen LogP contribution in [0.3, 0.4) is 0 Å². The van der Waals surface area contributed by atoms with Gasteiger partial charge in [0.15, 0.2) is 0 Å². The van der Waals surface area contributed by atoms with E-state index in [1.54, 1.807) is 37.3 Å². The number of halogens is 1. The van der Waals surface area contributed by atoms with Gasteiger partial charge in [0.25, 0.3) is 0 Å². The van der Waals surface area contributed by atoms with Crippen LogP contribution in [0.5, 0.6) is 5.75 Å².